The van der Waals surface area contributed by atoms with Crippen LogP contribution in [0.4, 0.5) is 26.0 Å². The molecule has 0 unspecified atom stereocenters. The number of benzene rings is 2. The third kappa shape index (κ3) is 4.92. The second-order valence-corrected chi connectivity index (χ2v) is 5.91. The number of hydrogen-bond acceptors (Lipinski definition) is 5. The van der Waals surface area contributed by atoms with Gasteiger partial charge in [0, 0.05) is 18.0 Å². The van der Waals surface area contributed by atoms with Gasteiger partial charge >= 0.3 is 5.97 Å². The van der Waals surface area contributed by atoms with Crippen molar-refractivity contribution in [2.24, 2.45) is 0 Å². The maximum Gasteiger partial charge on any atom is 0.340 e. The fourth-order valence-electron chi connectivity index (χ4n) is 2.50. The van der Waals surface area contributed by atoms with Gasteiger partial charge in [0.25, 0.3) is 5.91 Å². The molecule has 0 fully saturated rings. The molecular weight excluding hydrogens is 380 g/mol. The summed E-state index contributed by atoms with van der Waals surface area (Å²) in [4.78, 5) is 28.4. The van der Waals surface area contributed by atoms with E-state index in [1.54, 1.807) is 37.3 Å². The Kier molecular flexibility index (Phi) is 6.13. The lowest BCUT2D eigenvalue weighted by molar-refractivity contribution is 0.0527. The molecule has 8 heteroatoms. The predicted octanol–water partition coefficient (Wildman–Crippen LogP) is 4.53. The van der Waals surface area contributed by atoms with E-state index in [1.807, 2.05) is 0 Å². The number of nitrogens with zero attached hydrogens (tertiary/aromatic N) is 1. The monoisotopic (exact) mass is 397 g/mol. The summed E-state index contributed by atoms with van der Waals surface area (Å²) in [7, 11) is 0. The van der Waals surface area contributed by atoms with Crippen molar-refractivity contribution in [2.75, 3.05) is 17.2 Å². The molecule has 0 atom stereocenters. The molecule has 0 bridgehead atoms. The van der Waals surface area contributed by atoms with Crippen molar-refractivity contribution in [3.05, 3.63) is 83.6 Å². The van der Waals surface area contributed by atoms with Crippen LogP contribution in [0.15, 0.2) is 60.8 Å². The molecule has 2 N–H and O–H groups in total. The molecule has 0 saturated carbocycles. The van der Waals surface area contributed by atoms with Gasteiger partial charge in [-0.3, -0.25) is 4.79 Å². The minimum Gasteiger partial charge on any atom is -0.462 e. The van der Waals surface area contributed by atoms with E-state index in [2.05, 4.69) is 15.6 Å². The molecule has 0 radical (unpaired) electrons. The highest BCUT2D eigenvalue weighted by Crippen LogP contribution is 2.21. The number of para-hydroxylation sites is 1. The minimum absolute atomic E-state index is 0.125. The zero-order chi connectivity index (χ0) is 20.8. The molecule has 0 aliphatic rings. The van der Waals surface area contributed by atoms with E-state index >= 15 is 0 Å². The predicted molar refractivity (Wildman–Crippen MR) is 104 cm³/mol. The number of ether oxygens (including phenoxy) is 1. The van der Waals surface area contributed by atoms with Gasteiger partial charge in [-0.1, -0.05) is 12.1 Å². The molecule has 3 rings (SSSR count). The molecule has 0 aliphatic carbocycles. The average Bonchev–Trinajstić information content (AvgIpc) is 2.72. The van der Waals surface area contributed by atoms with Crippen molar-refractivity contribution in [3.63, 3.8) is 0 Å². The molecular formula is C21H17F2N3O3. The summed E-state index contributed by atoms with van der Waals surface area (Å²) in [6.45, 7) is 1.98. The maximum atomic E-state index is 13.2. The Labute approximate surface area is 165 Å². The molecule has 0 spiro atoms. The largest absolute Gasteiger partial charge is 0.462 e. The Balaban J connectivity index is 1.71. The summed E-state index contributed by atoms with van der Waals surface area (Å²) in [5.74, 6) is -2.63. The molecule has 1 aromatic heterocycles. The van der Waals surface area contributed by atoms with Gasteiger partial charge in [0.1, 0.15) is 5.82 Å². The number of amides is 1. The third-order valence-electron chi connectivity index (χ3n) is 3.89. The van der Waals surface area contributed by atoms with Crippen LogP contribution >= 0.6 is 0 Å². The Morgan fingerprint density at radius 2 is 1.83 bits per heavy atom. The number of hydrogen-bond donors (Lipinski definition) is 2. The molecule has 6 nitrogen and oxygen atoms in total. The van der Waals surface area contributed by atoms with Crippen LogP contribution in [0.1, 0.15) is 27.6 Å². The molecule has 148 valence electrons. The van der Waals surface area contributed by atoms with Crippen molar-refractivity contribution in [1.82, 2.24) is 4.98 Å². The lowest BCUT2D eigenvalue weighted by Gasteiger charge is -2.11. The number of nitrogens with one attached hydrogen (secondary N) is 2. The lowest BCUT2D eigenvalue weighted by Crippen LogP contribution is -2.13. The van der Waals surface area contributed by atoms with Gasteiger partial charge in [-0.25, -0.2) is 18.6 Å². The Bertz CT molecular complexity index is 1040. The number of anilines is 3. The maximum absolute atomic E-state index is 13.2. The number of rotatable bonds is 6. The second-order valence-electron chi connectivity index (χ2n) is 5.91. The second kappa shape index (κ2) is 8.92. The van der Waals surface area contributed by atoms with Crippen LogP contribution < -0.4 is 10.6 Å². The molecule has 29 heavy (non-hydrogen) atoms. The van der Waals surface area contributed by atoms with E-state index in [9.17, 15) is 18.4 Å². The van der Waals surface area contributed by atoms with Crippen LogP contribution in [-0.4, -0.2) is 23.5 Å². The van der Waals surface area contributed by atoms with Gasteiger partial charge in [0.15, 0.2) is 11.6 Å². The molecule has 0 saturated heterocycles. The fourth-order valence-corrected chi connectivity index (χ4v) is 2.50. The first-order valence-corrected chi connectivity index (χ1v) is 8.73. The van der Waals surface area contributed by atoms with Crippen molar-refractivity contribution in [1.29, 1.82) is 0 Å². The van der Waals surface area contributed by atoms with Gasteiger partial charge < -0.3 is 15.4 Å². The van der Waals surface area contributed by atoms with Crippen molar-refractivity contribution >= 4 is 29.1 Å². The number of aromatic nitrogens is 1. The van der Waals surface area contributed by atoms with Gasteiger partial charge in [-0.2, -0.15) is 0 Å². The standard InChI is InChI=1S/C21H17F2N3O3/c1-2-29-21(28)15-5-3-4-6-18(15)26-19-10-7-13(12-24-19)20(27)25-14-8-9-16(22)17(23)11-14/h3-12H,2H2,1H3,(H,24,26)(H,25,27). The van der Waals surface area contributed by atoms with Gasteiger partial charge in [-0.15, -0.1) is 0 Å². The normalized spacial score (nSPS) is 10.3. The number of pyridine rings is 1. The number of carbonyl (C=O) groups is 2. The lowest BCUT2D eigenvalue weighted by atomic mass is 10.1. The quantitative estimate of drug-likeness (QED) is 0.598. The molecule has 1 amide bonds. The highest BCUT2D eigenvalue weighted by molar-refractivity contribution is 6.04. The first-order chi connectivity index (χ1) is 14.0. The number of halogens is 2. The SMILES string of the molecule is CCOC(=O)c1ccccc1Nc1ccc(C(=O)Nc2ccc(F)c(F)c2)cn1. The van der Waals surface area contributed by atoms with Gasteiger partial charge in [0.2, 0.25) is 0 Å². The summed E-state index contributed by atoms with van der Waals surface area (Å²) in [5.41, 5.74) is 1.21. The highest BCUT2D eigenvalue weighted by Gasteiger charge is 2.13. The third-order valence-corrected chi connectivity index (χ3v) is 3.89. The average molecular weight is 397 g/mol. The molecule has 0 aliphatic heterocycles. The summed E-state index contributed by atoms with van der Waals surface area (Å²) in [6.07, 6.45) is 1.32. The van der Waals surface area contributed by atoms with Crippen LogP contribution in [0.25, 0.3) is 0 Å². The van der Waals surface area contributed by atoms with Crippen LogP contribution in [0.3, 0.4) is 0 Å². The van der Waals surface area contributed by atoms with Gasteiger partial charge in [-0.05, 0) is 43.3 Å². The van der Waals surface area contributed by atoms with Crippen LogP contribution in [0.2, 0.25) is 0 Å². The van der Waals surface area contributed by atoms with E-state index in [0.717, 1.165) is 12.1 Å². The Hall–Kier alpha value is -3.81. The van der Waals surface area contributed by atoms with Crippen molar-refractivity contribution in [3.8, 4) is 0 Å². The minimum atomic E-state index is -1.05. The number of esters is 1. The Morgan fingerprint density at radius 3 is 2.52 bits per heavy atom. The smallest absolute Gasteiger partial charge is 0.340 e. The van der Waals surface area contributed by atoms with E-state index in [0.29, 0.717) is 17.1 Å². The van der Waals surface area contributed by atoms with E-state index < -0.39 is 23.5 Å². The summed E-state index contributed by atoms with van der Waals surface area (Å²) in [5, 5.41) is 5.47. The van der Waals surface area contributed by atoms with Crippen LogP contribution in [0, 0.1) is 11.6 Å². The van der Waals surface area contributed by atoms with Crippen LogP contribution in [0.5, 0.6) is 0 Å². The molecule has 2 aromatic carbocycles. The topological polar surface area (TPSA) is 80.3 Å². The zero-order valence-electron chi connectivity index (χ0n) is 15.4. The first kappa shape index (κ1) is 19.9. The zero-order valence-corrected chi connectivity index (χ0v) is 15.4. The van der Waals surface area contributed by atoms with E-state index in [-0.39, 0.29) is 17.9 Å². The number of carbonyl (C=O) groups excluding carboxylic acids is 2. The van der Waals surface area contributed by atoms with E-state index in [4.69, 9.17) is 4.74 Å². The van der Waals surface area contributed by atoms with Crippen molar-refractivity contribution < 1.29 is 23.1 Å². The highest BCUT2D eigenvalue weighted by atomic mass is 19.2. The molecule has 3 aromatic rings. The summed E-state index contributed by atoms with van der Waals surface area (Å²) >= 11 is 0. The molecule has 1 heterocycles. The fraction of sp³-hybridized carbons (Fsp3) is 0.0952. The summed E-state index contributed by atoms with van der Waals surface area (Å²) < 4.78 is 31.2. The van der Waals surface area contributed by atoms with Crippen molar-refractivity contribution in [2.45, 2.75) is 6.92 Å². The van der Waals surface area contributed by atoms with Gasteiger partial charge in [0.05, 0.1) is 23.4 Å². The Morgan fingerprint density at radius 1 is 1.03 bits per heavy atom. The van der Waals surface area contributed by atoms with Crippen LogP contribution in [-0.2, 0) is 4.74 Å². The summed E-state index contributed by atoms with van der Waals surface area (Å²) in [6, 6.07) is 13.0. The first-order valence-electron chi connectivity index (χ1n) is 8.73. The van der Waals surface area contributed by atoms with E-state index in [1.165, 1.54) is 18.3 Å².